The number of hydrogen-bond donors (Lipinski definition) is 0. The average molecular weight is 785 g/mol. The number of benzene rings is 4. The molecule has 0 aromatic heterocycles. The molecule has 0 amide bonds. The molecule has 0 heterocycles. The standard InChI is InChI=1S/C21H25.C21H26.C5H5.2ClH.Zr/c1-20(2,3)16-9-7-14-11-15-8-10-17(21(4,5)6)13-19(15)18(14)12-16;1-3-5-7-18-9-13-20(14-10-18)17-21-15-11-19(12-16-21)8-6-4-2;1-2-4-5-3-1;;;/h7,9-10,12-13H,11H2,1-6H3;9-16H,3-8H2,1-2H3;1-3H,4H2;2*1H;/q-1;;-1;;;+2. The van der Waals surface area contributed by atoms with Gasteiger partial charge in [0.2, 0.25) is 0 Å². The quantitative estimate of drug-likeness (QED) is 0.138. The molecule has 0 radical (unpaired) electrons. The van der Waals surface area contributed by atoms with Crippen molar-refractivity contribution < 1.29 is 24.2 Å². The molecule has 0 saturated carbocycles. The Balaban J connectivity index is 0.000000293. The summed E-state index contributed by atoms with van der Waals surface area (Å²) in [5, 5.41) is 0. The molecule has 2 aliphatic carbocycles. The van der Waals surface area contributed by atoms with E-state index in [0.29, 0.717) is 0 Å². The smallest absolute Gasteiger partial charge is 0.109 e. The van der Waals surface area contributed by atoms with Crippen LogP contribution in [0.5, 0.6) is 0 Å². The Bertz CT molecular complexity index is 1570. The number of fused-ring (bicyclic) bond motifs is 3. The number of rotatable bonds is 8. The zero-order valence-electron chi connectivity index (χ0n) is 31.7. The van der Waals surface area contributed by atoms with Crippen molar-refractivity contribution in [2.75, 3.05) is 0 Å². The van der Waals surface area contributed by atoms with E-state index in [-0.39, 0.29) is 35.6 Å². The SMILES string of the molecule is CC(C)(C)c1c[c-]c2c(c1)-c1cc(C(C)(C)C)ccc1C2.CCCCc1ccc([C](=[Zr+2])c2ccc(CCCC)cc2)cc1.Cl.Cl.[C-]1=CC=CC1. The molecule has 2 aliphatic rings. The normalized spacial score (nSPS) is 12.4. The van der Waals surface area contributed by atoms with Crippen LogP contribution in [0.2, 0.25) is 0 Å². The summed E-state index contributed by atoms with van der Waals surface area (Å²) < 4.78 is 1.45. The molecule has 50 heavy (non-hydrogen) atoms. The maximum atomic E-state index is 3.53. The first-order valence-electron chi connectivity index (χ1n) is 18.1. The number of unbranched alkanes of at least 4 members (excludes halogenated alkanes) is 2. The van der Waals surface area contributed by atoms with Crippen molar-refractivity contribution in [1.29, 1.82) is 0 Å². The summed E-state index contributed by atoms with van der Waals surface area (Å²) in [5.41, 5.74) is 14.4. The Morgan fingerprint density at radius 1 is 0.680 bits per heavy atom. The van der Waals surface area contributed by atoms with E-state index in [9.17, 15) is 0 Å². The Hall–Kier alpha value is -2.31. The van der Waals surface area contributed by atoms with E-state index in [1.165, 1.54) is 122 Å². The minimum absolute atomic E-state index is 0. The van der Waals surface area contributed by atoms with Crippen LogP contribution in [-0.4, -0.2) is 3.21 Å². The van der Waals surface area contributed by atoms with Crippen molar-refractivity contribution in [2.24, 2.45) is 0 Å². The van der Waals surface area contributed by atoms with E-state index in [2.05, 4.69) is 152 Å². The first kappa shape index (κ1) is 43.9. The molecule has 264 valence electrons. The molecule has 4 aromatic carbocycles. The fourth-order valence-corrected chi connectivity index (χ4v) is 6.75. The summed E-state index contributed by atoms with van der Waals surface area (Å²) in [7, 11) is 0. The molecule has 0 unspecified atom stereocenters. The predicted octanol–water partition coefficient (Wildman–Crippen LogP) is 13.3. The van der Waals surface area contributed by atoms with Gasteiger partial charge in [0.05, 0.1) is 0 Å². The number of hydrogen-bond acceptors (Lipinski definition) is 0. The third kappa shape index (κ3) is 12.7. The minimum Gasteiger partial charge on any atom is -0.273 e. The second kappa shape index (κ2) is 20.7. The van der Waals surface area contributed by atoms with E-state index < -0.39 is 0 Å². The van der Waals surface area contributed by atoms with Crippen molar-refractivity contribution >= 4 is 28.0 Å². The van der Waals surface area contributed by atoms with E-state index >= 15 is 0 Å². The van der Waals surface area contributed by atoms with Crippen molar-refractivity contribution in [1.82, 2.24) is 0 Å². The molecule has 0 bridgehead atoms. The number of allylic oxidation sites excluding steroid dienone is 4. The van der Waals surface area contributed by atoms with Crippen molar-refractivity contribution in [3.05, 3.63) is 154 Å². The molecule has 0 aliphatic heterocycles. The number of halogens is 2. The van der Waals surface area contributed by atoms with Gasteiger partial charge >= 0.3 is 151 Å². The Morgan fingerprint density at radius 3 is 1.62 bits per heavy atom. The van der Waals surface area contributed by atoms with Gasteiger partial charge in [-0.1, -0.05) is 76.3 Å². The first-order chi connectivity index (χ1) is 22.9. The van der Waals surface area contributed by atoms with Gasteiger partial charge < -0.3 is 0 Å². The number of aryl methyl sites for hydroxylation is 2. The van der Waals surface area contributed by atoms with Gasteiger partial charge in [0.1, 0.15) is 0 Å². The van der Waals surface area contributed by atoms with Gasteiger partial charge in [0.25, 0.3) is 0 Å². The monoisotopic (exact) mass is 782 g/mol. The van der Waals surface area contributed by atoms with Gasteiger partial charge in [-0.3, -0.25) is 6.08 Å². The summed E-state index contributed by atoms with van der Waals surface area (Å²) in [4.78, 5) is 0. The Labute approximate surface area is 332 Å². The van der Waals surface area contributed by atoms with E-state index in [1.54, 1.807) is 0 Å². The van der Waals surface area contributed by atoms with Crippen LogP contribution in [0.25, 0.3) is 11.1 Å². The van der Waals surface area contributed by atoms with Crippen LogP contribution < -0.4 is 0 Å². The molecule has 0 nitrogen and oxygen atoms in total. The van der Waals surface area contributed by atoms with Gasteiger partial charge in [-0.25, -0.2) is 12.2 Å². The van der Waals surface area contributed by atoms with Crippen LogP contribution in [0.4, 0.5) is 0 Å². The topological polar surface area (TPSA) is 0 Å². The largest absolute Gasteiger partial charge is 0.273 e. The molecule has 3 heteroatoms. The molecule has 0 atom stereocenters. The van der Waals surface area contributed by atoms with E-state index in [0.717, 1.165) is 12.8 Å². The molecule has 6 rings (SSSR count). The molecule has 0 N–H and O–H groups in total. The fourth-order valence-electron chi connectivity index (χ4n) is 5.93. The molecule has 0 fully saturated rings. The third-order valence-corrected chi connectivity index (χ3v) is 10.7. The Kier molecular flexibility index (Phi) is 18.1. The molecule has 0 saturated heterocycles. The van der Waals surface area contributed by atoms with Crippen molar-refractivity contribution in [3.8, 4) is 11.1 Å². The first-order valence-corrected chi connectivity index (χ1v) is 19.3. The molecule has 0 spiro atoms. The van der Waals surface area contributed by atoms with Crippen LogP contribution in [0, 0.1) is 12.1 Å². The summed E-state index contributed by atoms with van der Waals surface area (Å²) in [5.74, 6) is 0. The maximum Gasteiger partial charge on any atom is -0.109 e. The second-order valence-electron chi connectivity index (χ2n) is 15.3. The zero-order chi connectivity index (χ0) is 34.7. The fraction of sp³-hybridized carbons (Fsp3) is 0.383. The van der Waals surface area contributed by atoms with Gasteiger partial charge in [-0.05, 0) is 17.4 Å². The average Bonchev–Trinajstić information content (AvgIpc) is 3.78. The van der Waals surface area contributed by atoms with Crippen molar-refractivity contribution in [2.45, 2.75) is 118 Å². The zero-order valence-corrected chi connectivity index (χ0v) is 35.8. The van der Waals surface area contributed by atoms with Gasteiger partial charge in [-0.15, -0.1) is 36.8 Å². The van der Waals surface area contributed by atoms with Crippen LogP contribution in [0.3, 0.4) is 0 Å². The van der Waals surface area contributed by atoms with Gasteiger partial charge in [-0.2, -0.15) is 35.4 Å². The third-order valence-electron chi connectivity index (χ3n) is 9.24. The molecular formula is C47H58Cl2Zr. The van der Waals surface area contributed by atoms with Gasteiger partial charge in [0.15, 0.2) is 0 Å². The van der Waals surface area contributed by atoms with E-state index in [1.807, 2.05) is 12.2 Å². The van der Waals surface area contributed by atoms with Gasteiger partial charge in [0, 0.05) is 0 Å². The second-order valence-corrected chi connectivity index (χ2v) is 16.5. The van der Waals surface area contributed by atoms with Crippen LogP contribution in [0.15, 0.2) is 97.1 Å². The molecule has 4 aromatic rings. The summed E-state index contributed by atoms with van der Waals surface area (Å²) >= 11 is 1.48. The van der Waals surface area contributed by atoms with E-state index in [4.69, 9.17) is 0 Å². The van der Waals surface area contributed by atoms with Crippen molar-refractivity contribution in [3.63, 3.8) is 0 Å². The molecular weight excluding hydrogens is 727 g/mol. The summed E-state index contributed by atoms with van der Waals surface area (Å²) in [6.45, 7) is 18.1. The summed E-state index contributed by atoms with van der Waals surface area (Å²) in [6.07, 6.45) is 18.5. The Morgan fingerprint density at radius 2 is 1.20 bits per heavy atom. The predicted molar refractivity (Wildman–Crippen MR) is 220 cm³/mol. The summed E-state index contributed by atoms with van der Waals surface area (Å²) in [6, 6.07) is 33.4. The minimum atomic E-state index is 0. The van der Waals surface area contributed by atoms with Crippen LogP contribution in [0.1, 0.15) is 132 Å². The van der Waals surface area contributed by atoms with Crippen LogP contribution >= 0.6 is 24.8 Å². The van der Waals surface area contributed by atoms with Crippen LogP contribution in [-0.2, 0) is 54.3 Å². The maximum absolute atomic E-state index is 3.53.